The van der Waals surface area contributed by atoms with Gasteiger partial charge in [-0.1, -0.05) is 0 Å². The predicted octanol–water partition coefficient (Wildman–Crippen LogP) is 0.466. The lowest BCUT2D eigenvalue weighted by molar-refractivity contribution is 0.581. The van der Waals surface area contributed by atoms with Gasteiger partial charge in [0.2, 0.25) is 0 Å². The summed E-state index contributed by atoms with van der Waals surface area (Å²) in [7, 11) is 0. The third-order valence-electron chi connectivity index (χ3n) is 3.32. The minimum atomic E-state index is -0.0771. The lowest BCUT2D eigenvalue weighted by Crippen LogP contribution is -2.44. The second kappa shape index (κ2) is 5.72. The van der Waals surface area contributed by atoms with E-state index in [0.717, 1.165) is 42.6 Å². The highest BCUT2D eigenvalue weighted by Crippen LogP contribution is 2.11. The summed E-state index contributed by atoms with van der Waals surface area (Å²) in [6.45, 7) is 6.11. The summed E-state index contributed by atoms with van der Waals surface area (Å²) < 4.78 is 1.46. The summed E-state index contributed by atoms with van der Waals surface area (Å²) in [6.07, 6.45) is 1.77. The number of aromatic nitrogens is 3. The maximum absolute atomic E-state index is 12.1. The molecule has 1 fully saturated rings. The molecule has 3 heterocycles. The van der Waals surface area contributed by atoms with Crippen LogP contribution in [0.1, 0.15) is 10.7 Å². The van der Waals surface area contributed by atoms with E-state index in [4.69, 9.17) is 0 Å². The Morgan fingerprint density at radius 2 is 2.20 bits per heavy atom. The summed E-state index contributed by atoms with van der Waals surface area (Å²) in [4.78, 5) is 18.7. The minimum Gasteiger partial charge on any atom is -0.368 e. The number of piperazine rings is 1. The van der Waals surface area contributed by atoms with E-state index in [1.54, 1.807) is 23.6 Å². The number of nitrogens with zero attached hydrogens (tertiary/aromatic N) is 4. The van der Waals surface area contributed by atoms with Crippen LogP contribution in [0.5, 0.6) is 0 Å². The lowest BCUT2D eigenvalue weighted by Gasteiger charge is -2.28. The van der Waals surface area contributed by atoms with Crippen molar-refractivity contribution in [1.29, 1.82) is 0 Å². The molecule has 1 saturated heterocycles. The monoisotopic (exact) mass is 291 g/mol. The summed E-state index contributed by atoms with van der Waals surface area (Å²) >= 11 is 1.59. The SMILES string of the molecule is Cc1nc(Cn2ncc(N3CCNCC3)cc2=O)cs1. The molecule has 0 radical (unpaired) electrons. The molecule has 0 aromatic carbocycles. The van der Waals surface area contributed by atoms with E-state index < -0.39 is 0 Å². The number of hydrogen-bond acceptors (Lipinski definition) is 6. The molecular weight excluding hydrogens is 274 g/mol. The van der Waals surface area contributed by atoms with Crippen LogP contribution in [0.15, 0.2) is 22.4 Å². The van der Waals surface area contributed by atoms with Crippen molar-refractivity contribution >= 4 is 17.0 Å². The lowest BCUT2D eigenvalue weighted by atomic mass is 10.3. The van der Waals surface area contributed by atoms with Crippen molar-refractivity contribution in [3.63, 3.8) is 0 Å². The van der Waals surface area contributed by atoms with Gasteiger partial charge in [-0.25, -0.2) is 9.67 Å². The van der Waals surface area contributed by atoms with Crippen molar-refractivity contribution in [1.82, 2.24) is 20.1 Å². The second-order valence-corrected chi connectivity index (χ2v) is 5.87. The van der Waals surface area contributed by atoms with Crippen LogP contribution in [-0.2, 0) is 6.54 Å². The summed E-state index contributed by atoms with van der Waals surface area (Å²) in [5, 5.41) is 10.5. The number of aryl methyl sites for hydroxylation is 1. The summed E-state index contributed by atoms with van der Waals surface area (Å²) in [6, 6.07) is 1.66. The van der Waals surface area contributed by atoms with Gasteiger partial charge in [0.05, 0.1) is 29.1 Å². The van der Waals surface area contributed by atoms with Crippen LogP contribution in [-0.4, -0.2) is 40.9 Å². The van der Waals surface area contributed by atoms with E-state index in [1.165, 1.54) is 4.68 Å². The second-order valence-electron chi connectivity index (χ2n) is 4.80. The fourth-order valence-corrected chi connectivity index (χ4v) is 2.88. The third-order valence-corrected chi connectivity index (χ3v) is 4.14. The molecule has 7 heteroatoms. The van der Waals surface area contributed by atoms with Crippen molar-refractivity contribution in [3.05, 3.63) is 38.7 Å². The van der Waals surface area contributed by atoms with E-state index >= 15 is 0 Å². The first-order valence-electron chi connectivity index (χ1n) is 6.66. The molecule has 0 spiro atoms. The van der Waals surface area contributed by atoms with E-state index in [0.29, 0.717) is 6.54 Å². The van der Waals surface area contributed by atoms with Gasteiger partial charge in [-0.2, -0.15) is 5.10 Å². The van der Waals surface area contributed by atoms with Gasteiger partial charge in [-0.3, -0.25) is 4.79 Å². The van der Waals surface area contributed by atoms with Crippen LogP contribution in [0.2, 0.25) is 0 Å². The maximum atomic E-state index is 12.1. The summed E-state index contributed by atoms with van der Waals surface area (Å²) in [5.74, 6) is 0. The van der Waals surface area contributed by atoms with Gasteiger partial charge in [0.25, 0.3) is 5.56 Å². The van der Waals surface area contributed by atoms with Crippen LogP contribution in [0.3, 0.4) is 0 Å². The molecule has 0 aliphatic carbocycles. The maximum Gasteiger partial charge on any atom is 0.269 e. The highest BCUT2D eigenvalue weighted by molar-refractivity contribution is 7.09. The average molecular weight is 291 g/mol. The van der Waals surface area contributed by atoms with E-state index in [2.05, 4.69) is 20.3 Å². The zero-order valence-corrected chi connectivity index (χ0v) is 12.2. The zero-order chi connectivity index (χ0) is 13.9. The van der Waals surface area contributed by atoms with Gasteiger partial charge in [-0.05, 0) is 6.92 Å². The number of hydrogen-bond donors (Lipinski definition) is 1. The van der Waals surface area contributed by atoms with Crippen LogP contribution in [0.25, 0.3) is 0 Å². The van der Waals surface area contributed by atoms with Gasteiger partial charge in [0.15, 0.2) is 0 Å². The van der Waals surface area contributed by atoms with E-state index in [-0.39, 0.29) is 5.56 Å². The largest absolute Gasteiger partial charge is 0.368 e. The fraction of sp³-hybridized carbons (Fsp3) is 0.462. The first-order chi connectivity index (χ1) is 9.72. The van der Waals surface area contributed by atoms with Crippen LogP contribution < -0.4 is 15.8 Å². The molecule has 0 unspecified atom stereocenters. The topological polar surface area (TPSA) is 63.1 Å². The minimum absolute atomic E-state index is 0.0771. The Morgan fingerprint density at radius 1 is 1.40 bits per heavy atom. The Balaban J connectivity index is 1.78. The molecule has 1 N–H and O–H groups in total. The van der Waals surface area contributed by atoms with E-state index in [9.17, 15) is 4.79 Å². The molecule has 2 aromatic heterocycles. The standard InChI is InChI=1S/C13H17N5OS/c1-10-16-11(9-20-10)8-18-13(19)6-12(7-15-18)17-4-2-14-3-5-17/h6-7,9,14H,2-5,8H2,1H3. The molecule has 0 amide bonds. The third kappa shape index (κ3) is 2.88. The molecular formula is C13H17N5OS. The first kappa shape index (κ1) is 13.3. The van der Waals surface area contributed by atoms with Gasteiger partial charge < -0.3 is 10.2 Å². The van der Waals surface area contributed by atoms with Crippen molar-refractivity contribution in [2.24, 2.45) is 0 Å². The van der Waals surface area contributed by atoms with Crippen molar-refractivity contribution < 1.29 is 0 Å². The molecule has 106 valence electrons. The molecule has 0 bridgehead atoms. The van der Waals surface area contributed by atoms with Crippen LogP contribution in [0, 0.1) is 6.92 Å². The number of nitrogens with one attached hydrogen (secondary N) is 1. The summed E-state index contributed by atoms with van der Waals surface area (Å²) in [5.41, 5.74) is 1.71. The number of anilines is 1. The molecule has 0 saturated carbocycles. The van der Waals surface area contributed by atoms with Gasteiger partial charge >= 0.3 is 0 Å². The number of rotatable bonds is 3. The smallest absolute Gasteiger partial charge is 0.269 e. The molecule has 0 atom stereocenters. The Bertz CT molecular complexity index is 644. The van der Waals surface area contributed by atoms with Crippen LogP contribution >= 0.6 is 11.3 Å². The van der Waals surface area contributed by atoms with Gasteiger partial charge in [0.1, 0.15) is 0 Å². The van der Waals surface area contributed by atoms with Crippen molar-refractivity contribution in [3.8, 4) is 0 Å². The van der Waals surface area contributed by atoms with Crippen LogP contribution in [0.4, 0.5) is 5.69 Å². The quantitative estimate of drug-likeness (QED) is 0.890. The van der Waals surface area contributed by atoms with Crippen molar-refractivity contribution in [2.75, 3.05) is 31.1 Å². The first-order valence-corrected chi connectivity index (χ1v) is 7.54. The fourth-order valence-electron chi connectivity index (χ4n) is 2.27. The molecule has 2 aromatic rings. The molecule has 6 nitrogen and oxygen atoms in total. The molecule has 1 aliphatic rings. The predicted molar refractivity (Wildman–Crippen MR) is 79.5 cm³/mol. The molecule has 1 aliphatic heterocycles. The Morgan fingerprint density at radius 3 is 2.85 bits per heavy atom. The molecule has 3 rings (SSSR count). The molecule has 20 heavy (non-hydrogen) atoms. The number of thiazole rings is 1. The highest BCUT2D eigenvalue weighted by Gasteiger charge is 2.12. The van der Waals surface area contributed by atoms with Gasteiger partial charge in [0, 0.05) is 37.6 Å². The highest BCUT2D eigenvalue weighted by atomic mass is 32.1. The Labute approximate surface area is 121 Å². The normalized spacial score (nSPS) is 15.6. The van der Waals surface area contributed by atoms with E-state index in [1.807, 2.05) is 12.3 Å². The van der Waals surface area contributed by atoms with Crippen molar-refractivity contribution in [2.45, 2.75) is 13.5 Å². The average Bonchev–Trinajstić information content (AvgIpc) is 2.87. The zero-order valence-electron chi connectivity index (χ0n) is 11.4. The van der Waals surface area contributed by atoms with Gasteiger partial charge in [-0.15, -0.1) is 11.3 Å². The Hall–Kier alpha value is -1.73. The Kier molecular flexibility index (Phi) is 3.79.